The zero-order valence-corrected chi connectivity index (χ0v) is 15.9. The number of rotatable bonds is 4. The molecule has 0 atom stereocenters. The number of hydrogen-bond acceptors (Lipinski definition) is 5. The van der Waals surface area contributed by atoms with Gasteiger partial charge in [-0.3, -0.25) is 0 Å². The Morgan fingerprint density at radius 2 is 1.96 bits per heavy atom. The van der Waals surface area contributed by atoms with Gasteiger partial charge >= 0.3 is 0 Å². The summed E-state index contributed by atoms with van der Waals surface area (Å²) in [5.74, 6) is 0.448. The molecule has 0 bridgehead atoms. The second kappa shape index (κ2) is 6.72. The summed E-state index contributed by atoms with van der Waals surface area (Å²) in [6.07, 6.45) is 1.51. The first kappa shape index (κ1) is 18.1. The van der Waals surface area contributed by atoms with Crippen molar-refractivity contribution in [2.75, 3.05) is 5.32 Å². The van der Waals surface area contributed by atoms with Gasteiger partial charge in [0.1, 0.15) is 5.82 Å². The van der Waals surface area contributed by atoms with Gasteiger partial charge in [-0.15, -0.1) is 0 Å². The van der Waals surface area contributed by atoms with E-state index in [1.807, 2.05) is 0 Å². The number of nitrogens with one attached hydrogen (secondary N) is 2. The molecule has 1 aromatic heterocycles. The highest BCUT2D eigenvalue weighted by Crippen LogP contribution is 2.25. The van der Waals surface area contributed by atoms with Crippen molar-refractivity contribution in [3.05, 3.63) is 40.2 Å². The molecule has 0 fully saturated rings. The lowest BCUT2D eigenvalue weighted by molar-refractivity contribution is 0.491. The van der Waals surface area contributed by atoms with Gasteiger partial charge < -0.3 is 5.32 Å². The van der Waals surface area contributed by atoms with Gasteiger partial charge in [0.15, 0.2) is 0 Å². The van der Waals surface area contributed by atoms with Crippen molar-refractivity contribution in [2.45, 2.75) is 31.2 Å². The smallest absolute Gasteiger partial charge is 0.241 e. The summed E-state index contributed by atoms with van der Waals surface area (Å²) >= 11 is 9.08. The molecule has 0 saturated carbocycles. The number of benzene rings is 1. The zero-order chi connectivity index (χ0) is 17.3. The van der Waals surface area contributed by atoms with Crippen molar-refractivity contribution >= 4 is 49.1 Å². The molecule has 2 N–H and O–H groups in total. The fourth-order valence-electron chi connectivity index (χ4n) is 1.77. The molecular weight excluding hydrogens is 404 g/mol. The predicted octanol–water partition coefficient (Wildman–Crippen LogP) is 3.71. The van der Waals surface area contributed by atoms with Crippen LogP contribution in [-0.4, -0.2) is 23.9 Å². The molecule has 0 aliphatic carbocycles. The van der Waals surface area contributed by atoms with Crippen LogP contribution in [0.2, 0.25) is 5.28 Å². The Morgan fingerprint density at radius 3 is 2.61 bits per heavy atom. The Labute approximate surface area is 148 Å². The van der Waals surface area contributed by atoms with Gasteiger partial charge in [-0.1, -0.05) is 6.07 Å². The number of halogens is 2. The molecule has 6 nitrogen and oxygen atoms in total. The number of nitrogens with zero attached hydrogens (tertiary/aromatic N) is 2. The van der Waals surface area contributed by atoms with Crippen LogP contribution in [-0.2, 0) is 10.0 Å². The van der Waals surface area contributed by atoms with E-state index >= 15 is 0 Å². The summed E-state index contributed by atoms with van der Waals surface area (Å²) in [6.45, 7) is 5.35. The van der Waals surface area contributed by atoms with Gasteiger partial charge in [0.25, 0.3) is 0 Å². The average molecular weight is 420 g/mol. The molecule has 0 amide bonds. The lowest BCUT2D eigenvalue weighted by atomic mass is 10.1. The van der Waals surface area contributed by atoms with E-state index in [1.165, 1.54) is 18.3 Å². The second-order valence-corrected chi connectivity index (χ2v) is 8.72. The molecule has 2 aromatic rings. The van der Waals surface area contributed by atoms with Crippen LogP contribution < -0.4 is 10.0 Å². The third-order valence-electron chi connectivity index (χ3n) is 2.56. The van der Waals surface area contributed by atoms with Crippen LogP contribution >= 0.6 is 27.5 Å². The quantitative estimate of drug-likeness (QED) is 0.738. The van der Waals surface area contributed by atoms with Crippen LogP contribution in [0.5, 0.6) is 0 Å². The molecule has 0 radical (unpaired) electrons. The van der Waals surface area contributed by atoms with Gasteiger partial charge in [-0.05, 0) is 66.5 Å². The summed E-state index contributed by atoms with van der Waals surface area (Å²) in [5.41, 5.74) is 0.00289. The maximum absolute atomic E-state index is 12.4. The minimum Gasteiger partial charge on any atom is -0.339 e. The highest BCUT2D eigenvalue weighted by atomic mass is 79.9. The zero-order valence-electron chi connectivity index (χ0n) is 12.8. The highest BCUT2D eigenvalue weighted by molar-refractivity contribution is 9.10. The van der Waals surface area contributed by atoms with Crippen molar-refractivity contribution < 1.29 is 8.42 Å². The molecule has 23 heavy (non-hydrogen) atoms. The molecule has 9 heteroatoms. The molecule has 0 aliphatic rings. The van der Waals surface area contributed by atoms with Gasteiger partial charge in [0, 0.05) is 17.4 Å². The van der Waals surface area contributed by atoms with Crippen LogP contribution in [0.15, 0.2) is 39.8 Å². The fraction of sp³-hybridized carbons (Fsp3) is 0.286. The summed E-state index contributed by atoms with van der Waals surface area (Å²) in [5, 5.41) is 3.11. The molecule has 0 unspecified atom stereocenters. The second-order valence-electron chi connectivity index (χ2n) is 5.84. The van der Waals surface area contributed by atoms with Crippen molar-refractivity contribution in [3.63, 3.8) is 0 Å². The third-order valence-corrected chi connectivity index (χ3v) is 5.08. The van der Waals surface area contributed by atoms with Crippen molar-refractivity contribution in [1.29, 1.82) is 0 Å². The van der Waals surface area contributed by atoms with Crippen molar-refractivity contribution in [3.8, 4) is 0 Å². The van der Waals surface area contributed by atoms with Crippen LogP contribution in [0.25, 0.3) is 0 Å². The van der Waals surface area contributed by atoms with E-state index < -0.39 is 15.6 Å². The third kappa shape index (κ3) is 5.13. The average Bonchev–Trinajstić information content (AvgIpc) is 2.41. The Hall–Kier alpha value is -1.22. The highest BCUT2D eigenvalue weighted by Gasteiger charge is 2.22. The fourth-order valence-corrected chi connectivity index (χ4v) is 3.66. The van der Waals surface area contributed by atoms with Crippen molar-refractivity contribution in [2.24, 2.45) is 0 Å². The van der Waals surface area contributed by atoms with E-state index in [0.29, 0.717) is 16.0 Å². The number of anilines is 2. The SMILES string of the molecule is CC(C)(C)NS(=O)(=O)c1cccc(Nc2nc(Cl)ncc2Br)c1. The monoisotopic (exact) mass is 418 g/mol. The lowest BCUT2D eigenvalue weighted by Gasteiger charge is -2.20. The van der Waals surface area contributed by atoms with Crippen LogP contribution in [0.4, 0.5) is 11.5 Å². The largest absolute Gasteiger partial charge is 0.339 e. The summed E-state index contributed by atoms with van der Waals surface area (Å²) in [6, 6.07) is 6.44. The maximum atomic E-state index is 12.4. The van der Waals surface area contributed by atoms with E-state index in [2.05, 4.69) is 35.9 Å². The molecule has 0 spiro atoms. The summed E-state index contributed by atoms with van der Waals surface area (Å²) in [4.78, 5) is 8.05. The van der Waals surface area contributed by atoms with E-state index in [0.717, 1.165) is 0 Å². The molecule has 0 aliphatic heterocycles. The molecule has 124 valence electrons. The minimum atomic E-state index is -3.61. The molecule has 1 heterocycles. The van der Waals surface area contributed by atoms with E-state index in [4.69, 9.17) is 11.6 Å². The molecule has 0 saturated heterocycles. The first-order chi connectivity index (χ1) is 10.6. The number of aromatic nitrogens is 2. The van der Waals surface area contributed by atoms with Gasteiger partial charge in [-0.25, -0.2) is 18.1 Å². The Bertz CT molecular complexity index is 822. The normalized spacial score (nSPS) is 12.2. The van der Waals surface area contributed by atoms with Gasteiger partial charge in [0.05, 0.1) is 9.37 Å². The molecule has 2 rings (SSSR count). The summed E-state index contributed by atoms with van der Waals surface area (Å²) < 4.78 is 28.0. The Kier molecular flexibility index (Phi) is 5.30. The van der Waals surface area contributed by atoms with Crippen LogP contribution in [0.1, 0.15) is 20.8 Å². The molecule has 1 aromatic carbocycles. The topological polar surface area (TPSA) is 84.0 Å². The maximum Gasteiger partial charge on any atom is 0.241 e. The van der Waals surface area contributed by atoms with E-state index in [9.17, 15) is 8.42 Å². The predicted molar refractivity (Wildman–Crippen MR) is 94.5 cm³/mol. The first-order valence-electron chi connectivity index (χ1n) is 6.66. The number of sulfonamides is 1. The molecular formula is C14H16BrClN4O2S. The standard InChI is InChI=1S/C14H16BrClN4O2S/c1-14(2,3)20-23(21,22)10-6-4-5-9(7-10)18-12-11(15)8-17-13(16)19-12/h4-8,20H,1-3H3,(H,17,18,19). The lowest BCUT2D eigenvalue weighted by Crippen LogP contribution is -2.40. The van der Waals surface area contributed by atoms with Crippen molar-refractivity contribution in [1.82, 2.24) is 14.7 Å². The van der Waals surface area contributed by atoms with Crippen LogP contribution in [0, 0.1) is 0 Å². The van der Waals surface area contributed by atoms with E-state index in [-0.39, 0.29) is 10.2 Å². The summed E-state index contributed by atoms with van der Waals surface area (Å²) in [7, 11) is -3.61. The Balaban J connectivity index is 2.32. The minimum absolute atomic E-state index is 0.0916. The first-order valence-corrected chi connectivity index (χ1v) is 9.31. The van der Waals surface area contributed by atoms with Gasteiger partial charge in [-0.2, -0.15) is 4.98 Å². The van der Waals surface area contributed by atoms with E-state index in [1.54, 1.807) is 32.9 Å². The Morgan fingerprint density at radius 1 is 1.26 bits per heavy atom. The van der Waals surface area contributed by atoms with Gasteiger partial charge in [0.2, 0.25) is 15.3 Å². The number of hydrogen-bond donors (Lipinski definition) is 2. The van der Waals surface area contributed by atoms with Crippen LogP contribution in [0.3, 0.4) is 0 Å².